The van der Waals surface area contributed by atoms with Gasteiger partial charge in [0.15, 0.2) is 0 Å². The number of sulfonamides is 1. The maximum absolute atomic E-state index is 11.8. The second-order valence-electron chi connectivity index (χ2n) is 4.41. The highest BCUT2D eigenvalue weighted by atomic mass is 32.2. The minimum atomic E-state index is -3.21. The van der Waals surface area contributed by atoms with Crippen molar-refractivity contribution in [3.63, 3.8) is 0 Å². The summed E-state index contributed by atoms with van der Waals surface area (Å²) < 4.78 is 26.1. The van der Waals surface area contributed by atoms with E-state index in [4.69, 9.17) is 5.73 Å². The Labute approximate surface area is 108 Å². The van der Waals surface area contributed by atoms with Gasteiger partial charge in [-0.25, -0.2) is 8.42 Å². The van der Waals surface area contributed by atoms with Gasteiger partial charge in [-0.05, 0) is 43.0 Å². The van der Waals surface area contributed by atoms with Gasteiger partial charge in [-0.1, -0.05) is 11.8 Å². The zero-order chi connectivity index (χ0) is 13.0. The van der Waals surface area contributed by atoms with E-state index in [1.54, 1.807) is 24.3 Å². The van der Waals surface area contributed by atoms with E-state index >= 15 is 0 Å². The predicted molar refractivity (Wildman–Crippen MR) is 72.5 cm³/mol. The predicted octanol–water partition coefficient (Wildman–Crippen LogP) is 1.15. The van der Waals surface area contributed by atoms with Crippen LogP contribution in [0.5, 0.6) is 0 Å². The van der Waals surface area contributed by atoms with Gasteiger partial charge in [0.25, 0.3) is 0 Å². The molecule has 0 bridgehead atoms. The molecule has 1 aliphatic carbocycles. The fraction of sp³-hybridized carbons (Fsp3) is 0.385. The molecular weight excluding hydrogens is 248 g/mol. The van der Waals surface area contributed by atoms with Crippen LogP contribution in [-0.2, 0) is 10.0 Å². The molecule has 0 aliphatic heterocycles. The first-order chi connectivity index (χ1) is 8.59. The van der Waals surface area contributed by atoms with Crippen molar-refractivity contribution in [1.82, 2.24) is 0 Å². The van der Waals surface area contributed by atoms with Gasteiger partial charge in [-0.3, -0.25) is 4.72 Å². The molecule has 0 saturated heterocycles. The second kappa shape index (κ2) is 5.42. The molecule has 2 rings (SSSR count). The summed E-state index contributed by atoms with van der Waals surface area (Å²) in [7, 11) is -3.21. The molecule has 0 radical (unpaired) electrons. The highest BCUT2D eigenvalue weighted by molar-refractivity contribution is 7.92. The standard InChI is InChI=1S/C13H16N2O2S/c14-9-1-2-11-5-7-13(8-6-11)15-18(16,17)10-12-3-4-12/h5-8,12,15H,3-4,9-10,14H2. The van der Waals surface area contributed by atoms with Gasteiger partial charge >= 0.3 is 0 Å². The zero-order valence-corrected chi connectivity index (χ0v) is 10.8. The van der Waals surface area contributed by atoms with Crippen molar-refractivity contribution in [3.05, 3.63) is 29.8 Å². The molecule has 0 aromatic heterocycles. The molecule has 4 nitrogen and oxygen atoms in total. The van der Waals surface area contributed by atoms with Crippen LogP contribution in [0.25, 0.3) is 0 Å². The molecule has 1 aromatic rings. The van der Waals surface area contributed by atoms with E-state index in [1.165, 1.54) is 0 Å². The fourth-order valence-corrected chi connectivity index (χ4v) is 3.12. The third-order valence-corrected chi connectivity index (χ3v) is 4.10. The molecule has 18 heavy (non-hydrogen) atoms. The molecule has 3 N–H and O–H groups in total. The van der Waals surface area contributed by atoms with Gasteiger partial charge in [-0.15, -0.1) is 0 Å². The molecule has 1 fully saturated rings. The summed E-state index contributed by atoms with van der Waals surface area (Å²) in [6, 6.07) is 6.98. The van der Waals surface area contributed by atoms with E-state index < -0.39 is 10.0 Å². The molecule has 0 amide bonds. The maximum atomic E-state index is 11.8. The molecule has 96 valence electrons. The Morgan fingerprint density at radius 2 is 1.94 bits per heavy atom. The first-order valence-electron chi connectivity index (χ1n) is 5.88. The Morgan fingerprint density at radius 1 is 1.28 bits per heavy atom. The number of hydrogen-bond acceptors (Lipinski definition) is 3. The number of benzene rings is 1. The van der Waals surface area contributed by atoms with E-state index in [-0.39, 0.29) is 5.75 Å². The summed E-state index contributed by atoms with van der Waals surface area (Å²) in [6.07, 6.45) is 2.04. The summed E-state index contributed by atoms with van der Waals surface area (Å²) in [5, 5.41) is 0. The molecule has 1 aromatic carbocycles. The van der Waals surface area contributed by atoms with Gasteiger partial charge in [0.1, 0.15) is 0 Å². The van der Waals surface area contributed by atoms with Crippen molar-refractivity contribution in [2.45, 2.75) is 12.8 Å². The Hall–Kier alpha value is -1.51. The molecule has 0 heterocycles. The Morgan fingerprint density at radius 3 is 2.50 bits per heavy atom. The zero-order valence-electron chi connectivity index (χ0n) is 10.0. The van der Waals surface area contributed by atoms with Crippen LogP contribution < -0.4 is 10.5 Å². The van der Waals surface area contributed by atoms with Crippen LogP contribution in [0.3, 0.4) is 0 Å². The van der Waals surface area contributed by atoms with Crippen molar-refractivity contribution in [1.29, 1.82) is 0 Å². The summed E-state index contributed by atoms with van der Waals surface area (Å²) in [5.74, 6) is 6.20. The van der Waals surface area contributed by atoms with E-state index in [0.717, 1.165) is 18.4 Å². The Kier molecular flexibility index (Phi) is 3.90. The van der Waals surface area contributed by atoms with Crippen LogP contribution in [-0.4, -0.2) is 20.7 Å². The minimum absolute atomic E-state index is 0.224. The van der Waals surface area contributed by atoms with Crippen molar-refractivity contribution in [2.75, 3.05) is 17.0 Å². The Bertz CT molecular complexity index is 563. The highest BCUT2D eigenvalue weighted by Gasteiger charge is 2.27. The fourth-order valence-electron chi connectivity index (χ4n) is 1.59. The lowest BCUT2D eigenvalue weighted by Gasteiger charge is -2.07. The lowest BCUT2D eigenvalue weighted by atomic mass is 10.2. The average molecular weight is 264 g/mol. The van der Waals surface area contributed by atoms with Gasteiger partial charge < -0.3 is 5.73 Å². The number of nitrogens with two attached hydrogens (primary N) is 1. The third kappa shape index (κ3) is 4.06. The summed E-state index contributed by atoms with van der Waals surface area (Å²) in [6.45, 7) is 0.315. The van der Waals surface area contributed by atoms with Crippen LogP contribution in [0.2, 0.25) is 0 Å². The van der Waals surface area contributed by atoms with Crippen LogP contribution in [0, 0.1) is 17.8 Å². The molecule has 0 atom stereocenters. The monoisotopic (exact) mass is 264 g/mol. The van der Waals surface area contributed by atoms with Crippen molar-refractivity contribution in [2.24, 2.45) is 11.7 Å². The summed E-state index contributed by atoms with van der Waals surface area (Å²) >= 11 is 0. The molecule has 1 aliphatic rings. The number of rotatable bonds is 4. The second-order valence-corrected chi connectivity index (χ2v) is 6.18. The van der Waals surface area contributed by atoms with E-state index in [2.05, 4.69) is 16.6 Å². The number of anilines is 1. The maximum Gasteiger partial charge on any atom is 0.232 e. The lowest BCUT2D eigenvalue weighted by molar-refractivity contribution is 0.597. The first-order valence-corrected chi connectivity index (χ1v) is 7.54. The van der Waals surface area contributed by atoms with Crippen LogP contribution in [0.4, 0.5) is 5.69 Å². The van der Waals surface area contributed by atoms with Crippen LogP contribution in [0.15, 0.2) is 24.3 Å². The molecule has 5 heteroatoms. The minimum Gasteiger partial charge on any atom is -0.320 e. The van der Waals surface area contributed by atoms with E-state index in [1.807, 2.05) is 0 Å². The number of hydrogen-bond donors (Lipinski definition) is 2. The van der Waals surface area contributed by atoms with Gasteiger partial charge in [-0.2, -0.15) is 0 Å². The Balaban J connectivity index is 2.01. The summed E-state index contributed by atoms with van der Waals surface area (Å²) in [4.78, 5) is 0. The number of nitrogens with one attached hydrogen (secondary N) is 1. The smallest absolute Gasteiger partial charge is 0.232 e. The topological polar surface area (TPSA) is 72.2 Å². The molecule has 0 unspecified atom stereocenters. The third-order valence-electron chi connectivity index (χ3n) is 2.65. The largest absolute Gasteiger partial charge is 0.320 e. The average Bonchev–Trinajstić information content (AvgIpc) is 3.11. The highest BCUT2D eigenvalue weighted by Crippen LogP contribution is 2.30. The SMILES string of the molecule is NCC#Cc1ccc(NS(=O)(=O)CC2CC2)cc1. The van der Waals surface area contributed by atoms with Gasteiger partial charge in [0.05, 0.1) is 12.3 Å². The normalized spacial score (nSPS) is 14.7. The first kappa shape index (κ1) is 12.9. The molecule has 0 spiro atoms. The van der Waals surface area contributed by atoms with E-state index in [9.17, 15) is 8.42 Å². The van der Waals surface area contributed by atoms with Gasteiger partial charge in [0.2, 0.25) is 10.0 Å². The van der Waals surface area contributed by atoms with Crippen LogP contribution >= 0.6 is 0 Å². The van der Waals surface area contributed by atoms with Gasteiger partial charge in [0, 0.05) is 11.3 Å². The van der Waals surface area contributed by atoms with Crippen molar-refractivity contribution >= 4 is 15.7 Å². The molecular formula is C13H16N2O2S. The molecule has 1 saturated carbocycles. The van der Waals surface area contributed by atoms with Crippen LogP contribution in [0.1, 0.15) is 18.4 Å². The van der Waals surface area contributed by atoms with E-state index in [0.29, 0.717) is 18.2 Å². The lowest BCUT2D eigenvalue weighted by Crippen LogP contribution is -2.17. The van der Waals surface area contributed by atoms with Crippen molar-refractivity contribution in [3.8, 4) is 11.8 Å². The quantitative estimate of drug-likeness (QED) is 0.801. The summed E-state index contributed by atoms with van der Waals surface area (Å²) in [5.41, 5.74) is 6.68. The van der Waals surface area contributed by atoms with Crippen molar-refractivity contribution < 1.29 is 8.42 Å².